The van der Waals surface area contributed by atoms with Crippen LogP contribution in [0, 0.1) is 0 Å². The lowest BCUT2D eigenvalue weighted by Gasteiger charge is -2.21. The quantitative estimate of drug-likeness (QED) is 0.395. The van der Waals surface area contributed by atoms with Gasteiger partial charge in [0.2, 0.25) is 5.91 Å². The molecule has 1 N–H and O–H groups in total. The number of benzene rings is 2. The highest BCUT2D eigenvalue weighted by atomic mass is 79.9. The number of carbonyl (C=O) groups is 3. The van der Waals surface area contributed by atoms with Gasteiger partial charge in [0.1, 0.15) is 11.6 Å². The lowest BCUT2D eigenvalue weighted by molar-refractivity contribution is -0.118. The van der Waals surface area contributed by atoms with Crippen LogP contribution in [0.5, 0.6) is 0 Å². The number of halogens is 2. The molecule has 8 nitrogen and oxygen atoms in total. The molecule has 0 radical (unpaired) electrons. The first-order valence-electron chi connectivity index (χ1n) is 11.4. The summed E-state index contributed by atoms with van der Waals surface area (Å²) in [4.78, 5) is 40.1. The summed E-state index contributed by atoms with van der Waals surface area (Å²) in [6.07, 6.45) is 4.06. The first-order chi connectivity index (χ1) is 17.0. The molecular formula is C26H26Br2N4O4. The van der Waals surface area contributed by atoms with Crippen LogP contribution in [0.2, 0.25) is 0 Å². The molecule has 2 heterocycles. The molecule has 1 aliphatic heterocycles. The Morgan fingerprint density at radius 2 is 1.81 bits per heavy atom. The van der Waals surface area contributed by atoms with E-state index in [1.54, 1.807) is 66.9 Å². The van der Waals surface area contributed by atoms with Gasteiger partial charge in [0, 0.05) is 28.5 Å². The van der Waals surface area contributed by atoms with Crippen molar-refractivity contribution in [3.8, 4) is 0 Å². The Kier molecular flexibility index (Phi) is 7.65. The van der Waals surface area contributed by atoms with Gasteiger partial charge < -0.3 is 15.0 Å². The van der Waals surface area contributed by atoms with Gasteiger partial charge in [-0.2, -0.15) is 5.10 Å². The van der Waals surface area contributed by atoms with Crippen molar-refractivity contribution in [2.75, 3.05) is 11.4 Å². The van der Waals surface area contributed by atoms with Crippen LogP contribution in [0.3, 0.4) is 0 Å². The molecule has 0 aliphatic carbocycles. The maximum absolute atomic E-state index is 13.1. The highest BCUT2D eigenvalue weighted by molar-refractivity contribution is 9.10. The third-order valence-electron chi connectivity index (χ3n) is 5.50. The highest BCUT2D eigenvalue weighted by Gasteiger charge is 2.34. The number of nitrogens with zero attached hydrogens (tertiary/aromatic N) is 3. The van der Waals surface area contributed by atoms with Crippen LogP contribution in [0.25, 0.3) is 0 Å². The second-order valence-electron chi connectivity index (χ2n) is 9.56. The summed E-state index contributed by atoms with van der Waals surface area (Å²) in [5.41, 5.74) is 1.76. The van der Waals surface area contributed by atoms with Gasteiger partial charge in [-0.25, -0.2) is 4.79 Å². The number of ether oxygens (including phenoxy) is 1. The van der Waals surface area contributed by atoms with E-state index in [0.717, 1.165) is 10.0 Å². The van der Waals surface area contributed by atoms with Crippen LogP contribution in [0.1, 0.15) is 53.5 Å². The van der Waals surface area contributed by atoms with Crippen molar-refractivity contribution < 1.29 is 19.1 Å². The summed E-state index contributed by atoms with van der Waals surface area (Å²) < 4.78 is 8.81. The van der Waals surface area contributed by atoms with Crippen LogP contribution in [-0.4, -0.2) is 45.8 Å². The van der Waals surface area contributed by atoms with E-state index in [4.69, 9.17) is 4.74 Å². The monoisotopic (exact) mass is 616 g/mol. The second-order valence-corrected chi connectivity index (χ2v) is 11.4. The van der Waals surface area contributed by atoms with E-state index in [9.17, 15) is 14.4 Å². The van der Waals surface area contributed by atoms with Crippen molar-refractivity contribution in [2.45, 2.75) is 45.4 Å². The number of nitrogens with one attached hydrogen (secondary N) is 1. The molecule has 2 aromatic carbocycles. The molecule has 1 atom stereocenters. The lowest BCUT2D eigenvalue weighted by atomic mass is 10.1. The van der Waals surface area contributed by atoms with E-state index < -0.39 is 17.6 Å². The van der Waals surface area contributed by atoms with Gasteiger partial charge in [0.15, 0.2) is 0 Å². The van der Waals surface area contributed by atoms with Crippen molar-refractivity contribution in [3.05, 3.63) is 80.5 Å². The highest BCUT2D eigenvalue weighted by Crippen LogP contribution is 2.28. The van der Waals surface area contributed by atoms with E-state index in [0.29, 0.717) is 40.8 Å². The molecule has 1 fully saturated rings. The molecule has 0 bridgehead atoms. The van der Waals surface area contributed by atoms with Crippen LogP contribution < -0.4 is 10.2 Å². The van der Waals surface area contributed by atoms with Crippen molar-refractivity contribution in [3.63, 3.8) is 0 Å². The number of amides is 2. The second kappa shape index (κ2) is 10.6. The van der Waals surface area contributed by atoms with Gasteiger partial charge in [-0.05, 0) is 79.0 Å². The smallest absolute Gasteiger partial charge is 0.338 e. The number of hydrogen-bond donors (Lipinski definition) is 1. The van der Waals surface area contributed by atoms with Crippen molar-refractivity contribution >= 4 is 55.3 Å². The van der Waals surface area contributed by atoms with Crippen LogP contribution in [0.4, 0.5) is 5.69 Å². The number of anilines is 1. The van der Waals surface area contributed by atoms with Crippen LogP contribution >= 0.6 is 31.9 Å². The molecule has 4 rings (SSSR count). The molecule has 2 amide bonds. The zero-order chi connectivity index (χ0) is 26.0. The van der Waals surface area contributed by atoms with E-state index in [2.05, 4.69) is 42.3 Å². The molecule has 10 heteroatoms. The summed E-state index contributed by atoms with van der Waals surface area (Å²) in [7, 11) is 0. The van der Waals surface area contributed by atoms with E-state index in [1.165, 1.54) is 0 Å². The largest absolute Gasteiger partial charge is 0.456 e. The molecule has 0 spiro atoms. The Morgan fingerprint density at radius 3 is 2.44 bits per heavy atom. The molecule has 1 unspecified atom stereocenters. The molecule has 0 saturated carbocycles. The van der Waals surface area contributed by atoms with E-state index >= 15 is 0 Å². The van der Waals surface area contributed by atoms with Gasteiger partial charge in [0.25, 0.3) is 5.91 Å². The number of carbonyl (C=O) groups excluding carboxylic acids is 3. The van der Waals surface area contributed by atoms with Crippen molar-refractivity contribution in [1.29, 1.82) is 0 Å². The van der Waals surface area contributed by atoms with Gasteiger partial charge >= 0.3 is 5.97 Å². The minimum Gasteiger partial charge on any atom is -0.456 e. The zero-order valence-corrected chi connectivity index (χ0v) is 23.3. The first-order valence-corrected chi connectivity index (χ1v) is 13.0. The van der Waals surface area contributed by atoms with Crippen LogP contribution in [-0.2, 0) is 16.1 Å². The summed E-state index contributed by atoms with van der Waals surface area (Å²) in [6.45, 7) is 6.40. The molecular weight excluding hydrogens is 592 g/mol. The average Bonchev–Trinajstić information content (AvgIpc) is 3.37. The number of rotatable bonds is 6. The molecule has 1 aliphatic rings. The Labute approximate surface area is 226 Å². The van der Waals surface area contributed by atoms with Crippen molar-refractivity contribution in [1.82, 2.24) is 15.1 Å². The molecule has 188 valence electrons. The minimum atomic E-state index is -0.650. The fourth-order valence-corrected chi connectivity index (χ4v) is 4.68. The summed E-state index contributed by atoms with van der Waals surface area (Å²) in [5.74, 6) is -1.00. The van der Waals surface area contributed by atoms with Gasteiger partial charge in [0.05, 0.1) is 22.8 Å². The predicted molar refractivity (Wildman–Crippen MR) is 143 cm³/mol. The molecule has 1 aromatic heterocycles. The third-order valence-corrected chi connectivity index (χ3v) is 6.37. The summed E-state index contributed by atoms with van der Waals surface area (Å²) in [5, 5.41) is 7.08. The number of esters is 1. The van der Waals surface area contributed by atoms with Crippen molar-refractivity contribution in [2.24, 2.45) is 0 Å². The third kappa shape index (κ3) is 6.41. The normalized spacial score (nSPS) is 15.8. The van der Waals surface area contributed by atoms with Gasteiger partial charge in [-0.15, -0.1) is 0 Å². The Bertz CT molecular complexity index is 1300. The SMILES string of the molecule is CC(C)(C)OC(=O)c1cc(Br)cc(N2CCC(NC(=O)c3ccc(Cn4cc(Br)cn4)cc3)C2=O)c1. The predicted octanol–water partition coefficient (Wildman–Crippen LogP) is 4.95. The van der Waals surface area contributed by atoms with Crippen LogP contribution in [0.15, 0.2) is 63.8 Å². The number of hydrogen-bond acceptors (Lipinski definition) is 5. The summed E-state index contributed by atoms with van der Waals surface area (Å²) in [6, 6.07) is 11.6. The molecule has 36 heavy (non-hydrogen) atoms. The van der Waals surface area contributed by atoms with Gasteiger partial charge in [-0.3, -0.25) is 14.3 Å². The zero-order valence-electron chi connectivity index (χ0n) is 20.1. The molecule has 1 saturated heterocycles. The van der Waals surface area contributed by atoms with Gasteiger partial charge in [-0.1, -0.05) is 28.1 Å². The minimum absolute atomic E-state index is 0.225. The average molecular weight is 618 g/mol. The Hall–Kier alpha value is -2.98. The fraction of sp³-hybridized carbons (Fsp3) is 0.308. The Balaban J connectivity index is 1.41. The summed E-state index contributed by atoms with van der Waals surface area (Å²) >= 11 is 6.79. The Morgan fingerprint density at radius 1 is 1.08 bits per heavy atom. The maximum Gasteiger partial charge on any atom is 0.338 e. The standard InChI is InChI=1S/C26H26Br2N4O4/c1-26(2,3)36-25(35)18-10-19(27)12-21(11-18)32-9-8-22(24(32)34)30-23(33)17-6-4-16(5-7-17)14-31-15-20(28)13-29-31/h4-7,10-13,15,22H,8-9,14H2,1-3H3,(H,30,33). The number of aromatic nitrogens is 2. The topological polar surface area (TPSA) is 93.5 Å². The fourth-order valence-electron chi connectivity index (χ4n) is 3.87. The van der Waals surface area contributed by atoms with E-state index in [-0.39, 0.29) is 11.8 Å². The maximum atomic E-state index is 13.1. The lowest BCUT2D eigenvalue weighted by Crippen LogP contribution is -2.41. The first kappa shape index (κ1) is 26.1. The molecule has 3 aromatic rings. The van der Waals surface area contributed by atoms with E-state index in [1.807, 2.05) is 18.3 Å².